The molecule has 3 rings (SSSR count). The molecule has 0 spiro atoms. The minimum Gasteiger partial charge on any atom is -0.497 e. The summed E-state index contributed by atoms with van der Waals surface area (Å²) in [5.41, 5.74) is 1.41. The first-order valence-electron chi connectivity index (χ1n) is 9.11. The van der Waals surface area contributed by atoms with E-state index in [9.17, 15) is 4.79 Å². The highest BCUT2D eigenvalue weighted by molar-refractivity contribution is 6.06. The molecule has 1 aliphatic rings. The zero-order valence-electron chi connectivity index (χ0n) is 15.9. The highest BCUT2D eigenvalue weighted by Gasteiger charge is 2.21. The molecule has 0 aliphatic carbocycles. The summed E-state index contributed by atoms with van der Waals surface area (Å²) < 4.78 is 16.0. The SMILES string of the molecule is COc1cc(OC)cc(C(=O)N(CCN2CCOCC2)c2ccccc2)c1. The van der Waals surface area contributed by atoms with Crippen molar-refractivity contribution in [2.24, 2.45) is 0 Å². The highest BCUT2D eigenvalue weighted by Crippen LogP contribution is 2.25. The van der Waals surface area contributed by atoms with E-state index in [2.05, 4.69) is 4.90 Å². The smallest absolute Gasteiger partial charge is 0.258 e. The fourth-order valence-electron chi connectivity index (χ4n) is 3.11. The van der Waals surface area contributed by atoms with Gasteiger partial charge in [0.05, 0.1) is 27.4 Å². The van der Waals surface area contributed by atoms with Crippen LogP contribution in [0.2, 0.25) is 0 Å². The largest absolute Gasteiger partial charge is 0.497 e. The van der Waals surface area contributed by atoms with Crippen molar-refractivity contribution in [1.29, 1.82) is 0 Å². The maximum Gasteiger partial charge on any atom is 0.258 e. The number of carbonyl (C=O) groups excluding carboxylic acids is 1. The van der Waals surface area contributed by atoms with Gasteiger partial charge in [-0.05, 0) is 24.3 Å². The number of rotatable bonds is 7. The molecular weight excluding hydrogens is 344 g/mol. The number of morpholine rings is 1. The lowest BCUT2D eigenvalue weighted by molar-refractivity contribution is 0.0391. The van der Waals surface area contributed by atoms with Crippen molar-refractivity contribution < 1.29 is 19.0 Å². The van der Waals surface area contributed by atoms with Crippen LogP contribution >= 0.6 is 0 Å². The number of benzene rings is 2. The van der Waals surface area contributed by atoms with Gasteiger partial charge in [0.2, 0.25) is 0 Å². The number of anilines is 1. The topological polar surface area (TPSA) is 51.2 Å². The van der Waals surface area contributed by atoms with Crippen molar-refractivity contribution in [2.75, 3.05) is 58.5 Å². The minimum absolute atomic E-state index is 0.0772. The Kier molecular flexibility index (Phi) is 6.68. The van der Waals surface area contributed by atoms with Gasteiger partial charge in [-0.3, -0.25) is 9.69 Å². The summed E-state index contributed by atoms with van der Waals surface area (Å²) in [7, 11) is 3.16. The monoisotopic (exact) mass is 370 g/mol. The fourth-order valence-corrected chi connectivity index (χ4v) is 3.11. The molecule has 1 aliphatic heterocycles. The van der Waals surface area contributed by atoms with Gasteiger partial charge in [0.15, 0.2) is 0 Å². The first-order valence-corrected chi connectivity index (χ1v) is 9.11. The summed E-state index contributed by atoms with van der Waals surface area (Å²) in [6, 6.07) is 15.0. The van der Waals surface area contributed by atoms with Gasteiger partial charge in [0.25, 0.3) is 5.91 Å². The second-order valence-electron chi connectivity index (χ2n) is 6.35. The number of ether oxygens (including phenoxy) is 3. The van der Waals surface area contributed by atoms with Crippen LogP contribution in [0.25, 0.3) is 0 Å². The summed E-state index contributed by atoms with van der Waals surface area (Å²) in [6.07, 6.45) is 0. The van der Waals surface area contributed by atoms with Gasteiger partial charge in [-0.1, -0.05) is 18.2 Å². The molecule has 0 aromatic heterocycles. The first-order chi connectivity index (χ1) is 13.2. The minimum atomic E-state index is -0.0772. The van der Waals surface area contributed by atoms with E-state index in [1.165, 1.54) is 0 Å². The third-order valence-corrected chi connectivity index (χ3v) is 4.65. The van der Waals surface area contributed by atoms with Crippen molar-refractivity contribution in [1.82, 2.24) is 4.90 Å². The van der Waals surface area contributed by atoms with Gasteiger partial charge in [-0.25, -0.2) is 0 Å². The molecule has 0 radical (unpaired) electrons. The molecule has 1 saturated heterocycles. The Labute approximate surface area is 160 Å². The molecule has 6 heteroatoms. The maximum absolute atomic E-state index is 13.3. The van der Waals surface area contributed by atoms with Crippen LogP contribution in [0.1, 0.15) is 10.4 Å². The lowest BCUT2D eigenvalue weighted by Gasteiger charge is -2.30. The normalized spacial score (nSPS) is 14.6. The van der Waals surface area contributed by atoms with Crippen molar-refractivity contribution in [3.8, 4) is 11.5 Å². The van der Waals surface area contributed by atoms with E-state index < -0.39 is 0 Å². The molecule has 0 N–H and O–H groups in total. The van der Waals surface area contributed by atoms with E-state index >= 15 is 0 Å². The molecule has 0 bridgehead atoms. The molecule has 144 valence electrons. The van der Waals surface area contributed by atoms with Gasteiger partial charge in [0.1, 0.15) is 11.5 Å². The number of para-hydroxylation sites is 1. The number of nitrogens with zero attached hydrogens (tertiary/aromatic N) is 2. The van der Waals surface area contributed by atoms with Crippen LogP contribution in [0.5, 0.6) is 11.5 Å². The van der Waals surface area contributed by atoms with Gasteiger partial charge in [0, 0.05) is 43.5 Å². The van der Waals surface area contributed by atoms with Crippen LogP contribution in [0, 0.1) is 0 Å². The predicted molar refractivity (Wildman–Crippen MR) is 105 cm³/mol. The Hall–Kier alpha value is -2.57. The van der Waals surface area contributed by atoms with Crippen molar-refractivity contribution in [2.45, 2.75) is 0 Å². The summed E-state index contributed by atoms with van der Waals surface area (Å²) in [6.45, 7) is 4.67. The van der Waals surface area contributed by atoms with E-state index in [4.69, 9.17) is 14.2 Å². The van der Waals surface area contributed by atoms with Crippen LogP contribution < -0.4 is 14.4 Å². The van der Waals surface area contributed by atoms with Crippen LogP contribution in [0.3, 0.4) is 0 Å². The van der Waals surface area contributed by atoms with E-state index in [1.54, 1.807) is 32.4 Å². The Balaban J connectivity index is 1.84. The molecule has 1 amide bonds. The second-order valence-corrected chi connectivity index (χ2v) is 6.35. The number of hydrogen-bond acceptors (Lipinski definition) is 5. The van der Waals surface area contributed by atoms with Crippen molar-refractivity contribution in [3.63, 3.8) is 0 Å². The van der Waals surface area contributed by atoms with Gasteiger partial charge < -0.3 is 19.1 Å². The molecule has 0 unspecified atom stereocenters. The predicted octanol–water partition coefficient (Wildman–Crippen LogP) is 2.68. The molecule has 2 aromatic carbocycles. The van der Waals surface area contributed by atoms with E-state index in [1.807, 2.05) is 35.2 Å². The van der Waals surface area contributed by atoms with Crippen molar-refractivity contribution >= 4 is 11.6 Å². The third-order valence-electron chi connectivity index (χ3n) is 4.65. The average molecular weight is 370 g/mol. The highest BCUT2D eigenvalue weighted by atomic mass is 16.5. The van der Waals surface area contributed by atoms with Gasteiger partial charge >= 0.3 is 0 Å². The molecule has 2 aromatic rings. The number of carbonyl (C=O) groups is 1. The molecule has 0 atom stereocenters. The molecular formula is C21H26N2O4. The van der Waals surface area contributed by atoms with E-state index in [-0.39, 0.29) is 5.91 Å². The maximum atomic E-state index is 13.3. The van der Waals surface area contributed by atoms with Crippen LogP contribution in [0.15, 0.2) is 48.5 Å². The Bertz CT molecular complexity index is 723. The third kappa shape index (κ3) is 4.99. The summed E-state index contributed by atoms with van der Waals surface area (Å²) in [5.74, 6) is 1.12. The Morgan fingerprint density at radius 2 is 1.67 bits per heavy atom. The number of methoxy groups -OCH3 is 2. The molecule has 1 heterocycles. The second kappa shape index (κ2) is 9.39. The van der Waals surface area contributed by atoms with Crippen LogP contribution in [0.4, 0.5) is 5.69 Å². The lowest BCUT2D eigenvalue weighted by atomic mass is 10.1. The van der Waals surface area contributed by atoms with Crippen LogP contribution in [-0.2, 0) is 4.74 Å². The van der Waals surface area contributed by atoms with Gasteiger partial charge in [-0.2, -0.15) is 0 Å². The Morgan fingerprint density at radius 3 is 2.26 bits per heavy atom. The zero-order valence-corrected chi connectivity index (χ0v) is 15.9. The fraction of sp³-hybridized carbons (Fsp3) is 0.381. The number of amides is 1. The van der Waals surface area contributed by atoms with Crippen molar-refractivity contribution in [3.05, 3.63) is 54.1 Å². The Morgan fingerprint density at radius 1 is 1.04 bits per heavy atom. The van der Waals surface area contributed by atoms with E-state index in [0.717, 1.165) is 38.5 Å². The lowest BCUT2D eigenvalue weighted by Crippen LogP contribution is -2.43. The quantitative estimate of drug-likeness (QED) is 0.750. The summed E-state index contributed by atoms with van der Waals surface area (Å²) >= 11 is 0. The molecule has 27 heavy (non-hydrogen) atoms. The summed E-state index contributed by atoms with van der Waals surface area (Å²) in [4.78, 5) is 17.5. The standard InChI is InChI=1S/C21H26N2O4/c1-25-19-14-17(15-20(16-19)26-2)21(24)23(18-6-4-3-5-7-18)9-8-22-10-12-27-13-11-22/h3-7,14-16H,8-13H2,1-2H3. The zero-order chi connectivity index (χ0) is 19.1. The van der Waals surface area contributed by atoms with E-state index in [0.29, 0.717) is 23.6 Å². The molecule has 1 fully saturated rings. The number of hydrogen-bond donors (Lipinski definition) is 0. The first kappa shape index (κ1) is 19.2. The van der Waals surface area contributed by atoms with Gasteiger partial charge in [-0.15, -0.1) is 0 Å². The molecule has 6 nitrogen and oxygen atoms in total. The molecule has 0 saturated carbocycles. The average Bonchev–Trinajstić information content (AvgIpc) is 2.74. The van der Waals surface area contributed by atoms with Crippen LogP contribution in [-0.4, -0.2) is 64.4 Å². The summed E-state index contributed by atoms with van der Waals surface area (Å²) in [5, 5.41) is 0.